The van der Waals surface area contributed by atoms with Crippen LogP contribution in [0.15, 0.2) is 84.1 Å². The number of phenolic OH excluding ortho intramolecular Hbond substituents is 1. The van der Waals surface area contributed by atoms with Crippen LogP contribution in [0.25, 0.3) is 16.8 Å². The number of H-pyrrole nitrogens is 1. The zero-order chi connectivity index (χ0) is 28.2. The lowest BCUT2D eigenvalue weighted by molar-refractivity contribution is -0.340. The highest BCUT2D eigenvalue weighted by atomic mass is 35.5. The van der Waals surface area contributed by atoms with Crippen LogP contribution in [0.5, 0.6) is 5.75 Å². The molecule has 41 heavy (non-hydrogen) atoms. The minimum absolute atomic E-state index is 0.0896. The van der Waals surface area contributed by atoms with Gasteiger partial charge in [0.15, 0.2) is 11.4 Å². The van der Waals surface area contributed by atoms with Gasteiger partial charge in [0.1, 0.15) is 5.75 Å². The van der Waals surface area contributed by atoms with Gasteiger partial charge in [-0.1, -0.05) is 65.7 Å². The summed E-state index contributed by atoms with van der Waals surface area (Å²) in [7, 11) is -2.81. The molecule has 0 radical (unpaired) electrons. The quantitative estimate of drug-likeness (QED) is 0.232. The summed E-state index contributed by atoms with van der Waals surface area (Å²) in [6, 6.07) is 21.0. The molecule has 0 bridgehead atoms. The molecular weight excluding hydrogens is 560 g/mol. The molecule has 3 aliphatic rings. The number of phenols is 1. The standard InChI is InChI=1S/C33H25BCl2F2N2O/c35-26-17-23(41)18-27(36)30(26)31(28-15-21-11-5-9-19-7-1-3-13-24(19)32(21)39-28)29-16-22-12-6-10-20-8-2-4-14-25(20)33(22)40(29)34(37)38/h1-4,7-8,13-18H,5-6,9-12H2,(H,39,41)/p+1. The molecule has 204 valence electrons. The van der Waals surface area contributed by atoms with Gasteiger partial charge in [-0.25, -0.2) is 13.1 Å². The predicted molar refractivity (Wildman–Crippen MR) is 162 cm³/mol. The number of halogens is 4. The van der Waals surface area contributed by atoms with Gasteiger partial charge < -0.3 is 10.1 Å². The largest absolute Gasteiger partial charge is 0.935 e. The normalized spacial score (nSPS) is 17.1. The van der Waals surface area contributed by atoms with Crippen LogP contribution in [0.2, 0.25) is 10.0 Å². The van der Waals surface area contributed by atoms with E-state index < -0.39 is 7.40 Å². The molecule has 0 atom stereocenters. The van der Waals surface area contributed by atoms with Crippen molar-refractivity contribution in [2.45, 2.75) is 38.5 Å². The van der Waals surface area contributed by atoms with Crippen molar-refractivity contribution in [3.63, 3.8) is 0 Å². The Kier molecular flexibility index (Phi) is 6.64. The van der Waals surface area contributed by atoms with Crippen molar-refractivity contribution in [3.05, 3.63) is 128 Å². The average molecular weight is 586 g/mol. The fourth-order valence-electron chi connectivity index (χ4n) is 6.63. The number of hydrogen-bond donors (Lipinski definition) is 2. The number of benzene rings is 3. The fraction of sp³-hybridized carbons (Fsp3) is 0.182. The summed E-state index contributed by atoms with van der Waals surface area (Å²) in [5.74, 6) is -0.0896. The molecule has 0 amide bonds. The first kappa shape index (κ1) is 26.3. The van der Waals surface area contributed by atoms with Crippen LogP contribution in [0.1, 0.15) is 52.8 Å². The molecule has 0 saturated heterocycles. The first-order valence-corrected chi connectivity index (χ1v) is 14.6. The van der Waals surface area contributed by atoms with E-state index in [1.807, 2.05) is 48.5 Å². The molecule has 1 aliphatic heterocycles. The van der Waals surface area contributed by atoms with Gasteiger partial charge in [0.05, 0.1) is 21.3 Å². The third kappa shape index (κ3) is 4.45. The van der Waals surface area contributed by atoms with Crippen molar-refractivity contribution >= 4 is 41.9 Å². The van der Waals surface area contributed by atoms with Gasteiger partial charge in [-0.05, 0) is 79.5 Å². The van der Waals surface area contributed by atoms with E-state index in [1.54, 1.807) is 0 Å². The van der Waals surface area contributed by atoms with E-state index >= 15 is 8.63 Å². The van der Waals surface area contributed by atoms with E-state index in [0.29, 0.717) is 34.7 Å². The SMILES string of the molecule is Oc1cc(Cl)c(/C(=C2\C=C3CCCc4ccccc4C3=[N+]2B(F)F)c2cc3c([nH]2)-c2ccccc2CCC3)c(Cl)c1. The summed E-state index contributed by atoms with van der Waals surface area (Å²) in [6.07, 6.45) is 7.05. The highest BCUT2D eigenvalue weighted by Crippen LogP contribution is 2.44. The maximum absolute atomic E-state index is 15.2. The number of aryl methyl sites for hydroxylation is 3. The van der Waals surface area contributed by atoms with Gasteiger partial charge in [-0.15, -0.1) is 0 Å². The number of nitrogens with zero attached hydrogens (tertiary/aromatic N) is 1. The summed E-state index contributed by atoms with van der Waals surface area (Å²) in [5, 5.41) is 10.6. The van der Waals surface area contributed by atoms with Crippen LogP contribution in [-0.2, 0) is 19.3 Å². The molecule has 0 fully saturated rings. The van der Waals surface area contributed by atoms with Crippen molar-refractivity contribution in [2.75, 3.05) is 0 Å². The second kappa shape index (κ2) is 10.3. The molecule has 2 N–H and O–H groups in total. The Labute approximate surface area is 247 Å². The van der Waals surface area contributed by atoms with Crippen LogP contribution in [0.3, 0.4) is 0 Å². The van der Waals surface area contributed by atoms with Gasteiger partial charge in [0.25, 0.3) is 0 Å². The molecule has 0 saturated carbocycles. The molecule has 1 aromatic heterocycles. The number of rotatable bonds is 3. The van der Waals surface area contributed by atoms with Crippen molar-refractivity contribution in [1.29, 1.82) is 0 Å². The minimum Gasteiger partial charge on any atom is -0.508 e. The van der Waals surface area contributed by atoms with E-state index in [0.717, 1.165) is 70.1 Å². The Balaban J connectivity index is 1.56. The Morgan fingerprint density at radius 3 is 2.12 bits per heavy atom. The van der Waals surface area contributed by atoms with Gasteiger partial charge in [-0.2, -0.15) is 0 Å². The zero-order valence-electron chi connectivity index (χ0n) is 22.2. The molecule has 0 spiro atoms. The number of hydrogen-bond acceptors (Lipinski definition) is 1. The lowest BCUT2D eigenvalue weighted by Gasteiger charge is -2.14. The Morgan fingerprint density at radius 1 is 0.805 bits per heavy atom. The van der Waals surface area contributed by atoms with Crippen molar-refractivity contribution in [2.24, 2.45) is 0 Å². The Morgan fingerprint density at radius 2 is 1.41 bits per heavy atom. The first-order valence-electron chi connectivity index (χ1n) is 13.9. The number of aromatic nitrogens is 1. The van der Waals surface area contributed by atoms with E-state index in [1.165, 1.54) is 17.7 Å². The molecule has 7 rings (SSSR count). The summed E-state index contributed by atoms with van der Waals surface area (Å²) >= 11 is 13.5. The second-order valence-corrected chi connectivity index (χ2v) is 11.6. The summed E-state index contributed by atoms with van der Waals surface area (Å²) < 4.78 is 31.6. The Hall–Kier alpha value is -3.61. The van der Waals surface area contributed by atoms with E-state index in [4.69, 9.17) is 23.2 Å². The first-order chi connectivity index (χ1) is 19.9. The highest BCUT2D eigenvalue weighted by molar-refractivity contribution is 6.39. The average Bonchev–Trinajstić information content (AvgIpc) is 3.42. The third-order valence-electron chi connectivity index (χ3n) is 8.36. The molecule has 2 aliphatic carbocycles. The molecular formula is C33H26BCl2F2N2O+. The number of allylic oxidation sites excluding steroid dienone is 2. The van der Waals surface area contributed by atoms with Gasteiger partial charge >= 0.3 is 7.40 Å². The van der Waals surface area contributed by atoms with Crippen LogP contribution in [0, 0.1) is 0 Å². The molecule has 0 unspecified atom stereocenters. The van der Waals surface area contributed by atoms with Gasteiger partial charge in [0, 0.05) is 34.0 Å². The number of nitrogens with one attached hydrogen (secondary N) is 1. The Bertz CT molecular complexity index is 1800. The number of aromatic amines is 1. The smallest absolute Gasteiger partial charge is 0.508 e. The summed E-state index contributed by atoms with van der Waals surface area (Å²) in [4.78, 5) is 3.60. The zero-order valence-corrected chi connectivity index (χ0v) is 23.7. The fourth-order valence-corrected chi connectivity index (χ4v) is 7.29. The molecule has 3 aromatic carbocycles. The molecule has 2 heterocycles. The van der Waals surface area contributed by atoms with Crippen LogP contribution in [-0.4, -0.2) is 27.7 Å². The third-order valence-corrected chi connectivity index (χ3v) is 8.95. The van der Waals surface area contributed by atoms with Crippen molar-refractivity contribution in [1.82, 2.24) is 4.98 Å². The van der Waals surface area contributed by atoms with Crippen molar-refractivity contribution < 1.29 is 18.2 Å². The number of fused-ring (bicyclic) bond motifs is 6. The lowest BCUT2D eigenvalue weighted by atomic mass is 9.97. The van der Waals surface area contributed by atoms with Gasteiger partial charge in [-0.3, -0.25) is 0 Å². The van der Waals surface area contributed by atoms with E-state index in [-0.39, 0.29) is 15.8 Å². The maximum Gasteiger partial charge on any atom is 0.935 e. The minimum atomic E-state index is -2.81. The molecule has 8 heteroatoms. The van der Waals surface area contributed by atoms with E-state index in [9.17, 15) is 5.11 Å². The van der Waals surface area contributed by atoms with Crippen molar-refractivity contribution in [3.8, 4) is 17.0 Å². The summed E-state index contributed by atoms with van der Waals surface area (Å²) in [5.41, 5.74) is 9.63. The van der Waals surface area contributed by atoms with E-state index in [2.05, 4.69) is 17.1 Å². The highest BCUT2D eigenvalue weighted by Gasteiger charge is 2.47. The second-order valence-electron chi connectivity index (χ2n) is 10.8. The topological polar surface area (TPSA) is 39.0 Å². The summed E-state index contributed by atoms with van der Waals surface area (Å²) in [6.45, 7) is 0. The monoisotopic (exact) mass is 585 g/mol. The van der Waals surface area contributed by atoms with Crippen LogP contribution < -0.4 is 0 Å². The van der Waals surface area contributed by atoms with Crippen LogP contribution >= 0.6 is 23.2 Å². The van der Waals surface area contributed by atoms with Crippen LogP contribution in [0.4, 0.5) is 8.63 Å². The molecule has 3 nitrogen and oxygen atoms in total. The predicted octanol–water partition coefficient (Wildman–Crippen LogP) is 8.64. The maximum atomic E-state index is 15.2. The molecule has 4 aromatic rings. The number of aromatic hydroxyl groups is 1. The van der Waals surface area contributed by atoms with Gasteiger partial charge in [0.2, 0.25) is 0 Å². The lowest BCUT2D eigenvalue weighted by Crippen LogP contribution is -2.27.